The third-order valence-electron chi connectivity index (χ3n) is 2.89. The zero-order chi connectivity index (χ0) is 15.7. The van der Waals surface area contributed by atoms with E-state index in [4.69, 9.17) is 9.84 Å². The van der Waals surface area contributed by atoms with Crippen molar-refractivity contribution in [3.05, 3.63) is 40.9 Å². The molecular formula is C13H10N4O5. The molecule has 112 valence electrons. The largest absolute Gasteiger partial charge is 0.511 e. The number of hydrogen-bond acceptors (Lipinski definition) is 6. The Morgan fingerprint density at radius 3 is 2.95 bits per heavy atom. The van der Waals surface area contributed by atoms with Gasteiger partial charge in [0.05, 0.1) is 24.9 Å². The number of carbonyl (C=O) groups is 1. The van der Waals surface area contributed by atoms with Gasteiger partial charge in [-0.15, -0.1) is 0 Å². The summed E-state index contributed by atoms with van der Waals surface area (Å²) >= 11 is 0. The first kappa shape index (κ1) is 13.6. The molecule has 0 aliphatic rings. The average Bonchev–Trinajstić information content (AvgIpc) is 2.94. The van der Waals surface area contributed by atoms with Crippen molar-refractivity contribution in [1.82, 2.24) is 19.7 Å². The summed E-state index contributed by atoms with van der Waals surface area (Å²) in [5.41, 5.74) is 0.00931. The number of aromatic amines is 1. The number of aromatic nitrogens is 4. The summed E-state index contributed by atoms with van der Waals surface area (Å²) in [6.45, 7) is 0. The number of para-hydroxylation sites is 1. The van der Waals surface area contributed by atoms with E-state index in [0.717, 1.165) is 0 Å². The van der Waals surface area contributed by atoms with Crippen molar-refractivity contribution in [2.45, 2.75) is 0 Å². The van der Waals surface area contributed by atoms with E-state index < -0.39 is 6.16 Å². The van der Waals surface area contributed by atoms with Gasteiger partial charge in [-0.05, 0) is 12.1 Å². The van der Waals surface area contributed by atoms with Crippen LogP contribution in [0.2, 0.25) is 0 Å². The van der Waals surface area contributed by atoms with Crippen LogP contribution in [0, 0.1) is 0 Å². The van der Waals surface area contributed by atoms with Crippen LogP contribution in [-0.2, 0) is 0 Å². The predicted octanol–water partition coefficient (Wildman–Crippen LogP) is 1.17. The fourth-order valence-corrected chi connectivity index (χ4v) is 1.97. The molecule has 0 bridgehead atoms. The van der Waals surface area contributed by atoms with E-state index in [0.29, 0.717) is 16.7 Å². The van der Waals surface area contributed by atoms with Gasteiger partial charge in [0.25, 0.3) is 5.56 Å². The van der Waals surface area contributed by atoms with Crippen molar-refractivity contribution in [3.63, 3.8) is 0 Å². The van der Waals surface area contributed by atoms with Gasteiger partial charge in [0.1, 0.15) is 11.3 Å². The molecule has 0 saturated heterocycles. The maximum absolute atomic E-state index is 12.1. The zero-order valence-electron chi connectivity index (χ0n) is 11.3. The van der Waals surface area contributed by atoms with Crippen LogP contribution in [0.15, 0.2) is 35.4 Å². The van der Waals surface area contributed by atoms with Gasteiger partial charge in [-0.25, -0.2) is 14.5 Å². The van der Waals surface area contributed by atoms with Crippen LogP contribution in [0.25, 0.3) is 16.9 Å². The molecule has 0 aliphatic carbocycles. The van der Waals surface area contributed by atoms with Gasteiger partial charge < -0.3 is 14.6 Å². The Labute approximate surface area is 122 Å². The van der Waals surface area contributed by atoms with E-state index in [2.05, 4.69) is 19.8 Å². The topological polar surface area (TPSA) is 119 Å². The van der Waals surface area contributed by atoms with Gasteiger partial charge in [0, 0.05) is 0 Å². The lowest BCUT2D eigenvalue weighted by atomic mass is 10.2. The predicted molar refractivity (Wildman–Crippen MR) is 74.7 cm³/mol. The minimum Gasteiger partial charge on any atom is -0.494 e. The lowest BCUT2D eigenvalue weighted by Crippen LogP contribution is -2.14. The van der Waals surface area contributed by atoms with Crippen LogP contribution in [0.4, 0.5) is 4.79 Å². The summed E-state index contributed by atoms with van der Waals surface area (Å²) in [5.74, 6) is 0.566. The maximum atomic E-state index is 12.1. The van der Waals surface area contributed by atoms with E-state index in [9.17, 15) is 9.59 Å². The summed E-state index contributed by atoms with van der Waals surface area (Å²) in [6, 6.07) is 4.99. The van der Waals surface area contributed by atoms with Gasteiger partial charge >= 0.3 is 6.16 Å². The summed E-state index contributed by atoms with van der Waals surface area (Å²) in [5, 5.41) is 12.8. The van der Waals surface area contributed by atoms with Crippen LogP contribution >= 0.6 is 0 Å². The number of carboxylic acid groups (broad SMARTS) is 1. The van der Waals surface area contributed by atoms with Crippen LogP contribution in [0.1, 0.15) is 0 Å². The highest BCUT2D eigenvalue weighted by atomic mass is 16.7. The second kappa shape index (κ2) is 5.20. The fraction of sp³-hybridized carbons (Fsp3) is 0.0769. The molecule has 0 saturated carbocycles. The van der Waals surface area contributed by atoms with Crippen molar-refractivity contribution in [2.75, 3.05) is 7.11 Å². The molecule has 9 nitrogen and oxygen atoms in total. The molecule has 9 heteroatoms. The van der Waals surface area contributed by atoms with E-state index in [-0.39, 0.29) is 17.3 Å². The molecule has 0 radical (unpaired) electrons. The number of methoxy groups -OCH3 is 1. The Morgan fingerprint density at radius 1 is 1.41 bits per heavy atom. The summed E-state index contributed by atoms with van der Waals surface area (Å²) in [6.07, 6.45) is 1.02. The van der Waals surface area contributed by atoms with Gasteiger partial charge in [-0.2, -0.15) is 5.10 Å². The van der Waals surface area contributed by atoms with Crippen LogP contribution in [0.5, 0.6) is 11.5 Å². The maximum Gasteiger partial charge on any atom is 0.511 e. The number of benzene rings is 1. The van der Waals surface area contributed by atoms with Crippen molar-refractivity contribution in [1.29, 1.82) is 0 Å². The highest BCUT2D eigenvalue weighted by Gasteiger charge is 2.11. The fourth-order valence-electron chi connectivity index (χ4n) is 1.97. The lowest BCUT2D eigenvalue weighted by molar-refractivity contribution is 0.144. The SMILES string of the molecule is COc1cccc2c(=O)[nH]c(-n3cc(OC(=O)O)cn3)nc12. The first-order valence-corrected chi connectivity index (χ1v) is 6.11. The second-order valence-corrected chi connectivity index (χ2v) is 4.23. The Morgan fingerprint density at radius 2 is 2.23 bits per heavy atom. The minimum atomic E-state index is -1.46. The molecule has 0 unspecified atom stereocenters. The Bertz CT molecular complexity index is 914. The lowest BCUT2D eigenvalue weighted by Gasteiger charge is -2.06. The number of ether oxygens (including phenoxy) is 2. The number of hydrogen-bond donors (Lipinski definition) is 2. The molecule has 2 heterocycles. The number of nitrogens with zero attached hydrogens (tertiary/aromatic N) is 3. The van der Waals surface area contributed by atoms with Crippen molar-refractivity contribution < 1.29 is 19.4 Å². The van der Waals surface area contributed by atoms with Crippen molar-refractivity contribution in [2.24, 2.45) is 0 Å². The van der Waals surface area contributed by atoms with Gasteiger partial charge in [-0.1, -0.05) is 6.07 Å². The molecule has 0 amide bonds. The highest BCUT2D eigenvalue weighted by molar-refractivity contribution is 5.84. The molecule has 3 rings (SSSR count). The zero-order valence-corrected chi connectivity index (χ0v) is 11.3. The monoisotopic (exact) mass is 302 g/mol. The van der Waals surface area contributed by atoms with E-state index in [1.807, 2.05) is 0 Å². The van der Waals surface area contributed by atoms with Crippen LogP contribution < -0.4 is 15.0 Å². The first-order chi connectivity index (χ1) is 10.6. The van der Waals surface area contributed by atoms with Crippen LogP contribution in [0.3, 0.4) is 0 Å². The minimum absolute atomic E-state index is 0.00951. The molecule has 0 spiro atoms. The molecule has 0 aliphatic heterocycles. The third-order valence-corrected chi connectivity index (χ3v) is 2.89. The standard InChI is InChI=1S/C13H10N4O5/c1-21-9-4-2-3-8-10(9)15-12(16-11(8)18)17-6-7(5-14-17)22-13(19)20/h2-6H,1H3,(H,19,20)(H,15,16,18). The molecule has 2 aromatic heterocycles. The first-order valence-electron chi connectivity index (χ1n) is 6.11. The molecule has 3 aromatic rings. The Hall–Kier alpha value is -3.36. The molecule has 22 heavy (non-hydrogen) atoms. The van der Waals surface area contributed by atoms with E-state index in [1.165, 1.54) is 24.2 Å². The van der Waals surface area contributed by atoms with E-state index in [1.54, 1.807) is 18.2 Å². The smallest absolute Gasteiger partial charge is 0.494 e. The third kappa shape index (κ3) is 2.35. The van der Waals surface area contributed by atoms with Crippen molar-refractivity contribution >= 4 is 17.1 Å². The molecule has 2 N–H and O–H groups in total. The number of H-pyrrole nitrogens is 1. The summed E-state index contributed by atoms with van der Waals surface area (Å²) < 4.78 is 10.9. The summed E-state index contributed by atoms with van der Waals surface area (Å²) in [7, 11) is 1.48. The number of rotatable bonds is 3. The number of nitrogens with one attached hydrogen (secondary N) is 1. The highest BCUT2D eigenvalue weighted by Crippen LogP contribution is 2.21. The van der Waals surface area contributed by atoms with Crippen LogP contribution in [-0.4, -0.2) is 38.1 Å². The quantitative estimate of drug-likeness (QED) is 0.697. The second-order valence-electron chi connectivity index (χ2n) is 4.23. The average molecular weight is 302 g/mol. The van der Waals surface area contributed by atoms with Crippen molar-refractivity contribution in [3.8, 4) is 17.4 Å². The molecule has 1 aromatic carbocycles. The molecule has 0 fully saturated rings. The van der Waals surface area contributed by atoms with Gasteiger partial charge in [0.2, 0.25) is 5.95 Å². The number of fused-ring (bicyclic) bond motifs is 1. The Kier molecular flexibility index (Phi) is 3.22. The van der Waals surface area contributed by atoms with Gasteiger partial charge in [-0.3, -0.25) is 9.78 Å². The molecule has 0 atom stereocenters. The summed E-state index contributed by atoms with van der Waals surface area (Å²) in [4.78, 5) is 29.4. The molecular weight excluding hydrogens is 292 g/mol. The van der Waals surface area contributed by atoms with Gasteiger partial charge in [0.15, 0.2) is 5.75 Å². The van der Waals surface area contributed by atoms with E-state index >= 15 is 0 Å². The normalized spacial score (nSPS) is 10.6. The Balaban J connectivity index is 2.13.